The number of hydrogen-bond acceptors (Lipinski definition) is 2. The second-order valence-corrected chi connectivity index (χ2v) is 4.80. The summed E-state index contributed by atoms with van der Waals surface area (Å²) < 4.78 is 0. The van der Waals surface area contributed by atoms with Crippen molar-refractivity contribution in [2.75, 3.05) is 7.05 Å². The molecule has 0 aliphatic heterocycles. The molecule has 0 N–H and O–H groups in total. The van der Waals surface area contributed by atoms with Gasteiger partial charge < -0.3 is 0 Å². The minimum Gasteiger partial charge on any atom is -0.295 e. The van der Waals surface area contributed by atoms with E-state index < -0.39 is 0 Å². The third-order valence-corrected chi connectivity index (χ3v) is 3.31. The Morgan fingerprint density at radius 1 is 1.33 bits per heavy atom. The summed E-state index contributed by atoms with van der Waals surface area (Å²) in [5.41, 5.74) is 1.23. The first-order chi connectivity index (χ1) is 7.20. The lowest BCUT2D eigenvalue weighted by molar-refractivity contribution is 0.173. The van der Waals surface area contributed by atoms with E-state index >= 15 is 0 Å². The van der Waals surface area contributed by atoms with Crippen LogP contribution >= 0.6 is 0 Å². The quantitative estimate of drug-likeness (QED) is 0.749. The molecule has 1 aliphatic rings. The third kappa shape index (κ3) is 2.37. The number of aromatic nitrogens is 1. The Morgan fingerprint density at radius 2 is 2.07 bits per heavy atom. The lowest BCUT2D eigenvalue weighted by atomic mass is 10.1. The monoisotopic (exact) mass is 204 g/mol. The van der Waals surface area contributed by atoms with Crippen molar-refractivity contribution in [3.05, 3.63) is 30.1 Å². The van der Waals surface area contributed by atoms with Crippen LogP contribution < -0.4 is 0 Å². The molecule has 1 atom stereocenters. The van der Waals surface area contributed by atoms with Gasteiger partial charge in [0.1, 0.15) is 0 Å². The molecular weight excluding hydrogens is 184 g/mol. The summed E-state index contributed by atoms with van der Waals surface area (Å²) in [6, 6.07) is 7.33. The van der Waals surface area contributed by atoms with Crippen LogP contribution in [0.15, 0.2) is 24.4 Å². The first-order valence-electron chi connectivity index (χ1n) is 5.83. The zero-order valence-corrected chi connectivity index (χ0v) is 9.85. The van der Waals surface area contributed by atoms with E-state index in [1.807, 2.05) is 12.3 Å². The predicted molar refractivity (Wildman–Crippen MR) is 62.6 cm³/mol. The Morgan fingerprint density at radius 3 is 2.53 bits per heavy atom. The van der Waals surface area contributed by atoms with Crippen molar-refractivity contribution < 1.29 is 0 Å². The molecule has 0 aromatic carbocycles. The Bertz CT molecular complexity index is 304. The van der Waals surface area contributed by atoms with Crippen molar-refractivity contribution in [2.45, 2.75) is 38.8 Å². The van der Waals surface area contributed by atoms with Crippen molar-refractivity contribution in [3.63, 3.8) is 0 Å². The number of hydrogen-bond donors (Lipinski definition) is 0. The summed E-state index contributed by atoms with van der Waals surface area (Å²) in [4.78, 5) is 6.95. The highest BCUT2D eigenvalue weighted by Crippen LogP contribution is 2.43. The largest absolute Gasteiger partial charge is 0.295 e. The van der Waals surface area contributed by atoms with Crippen molar-refractivity contribution in [2.24, 2.45) is 5.92 Å². The molecule has 0 saturated heterocycles. The molecule has 15 heavy (non-hydrogen) atoms. The Labute approximate surface area is 92.3 Å². The molecule has 1 heterocycles. The van der Waals surface area contributed by atoms with Crippen LogP contribution in [-0.4, -0.2) is 23.0 Å². The number of nitrogens with zero attached hydrogens (tertiary/aromatic N) is 2. The van der Waals surface area contributed by atoms with E-state index in [2.05, 4.69) is 42.9 Å². The van der Waals surface area contributed by atoms with E-state index in [0.717, 1.165) is 5.92 Å². The van der Waals surface area contributed by atoms with Crippen LogP contribution in [0.1, 0.15) is 38.4 Å². The van der Waals surface area contributed by atoms with E-state index in [-0.39, 0.29) is 0 Å². The smallest absolute Gasteiger partial charge is 0.0578 e. The van der Waals surface area contributed by atoms with Crippen LogP contribution in [0.2, 0.25) is 0 Å². The summed E-state index contributed by atoms with van der Waals surface area (Å²) >= 11 is 0. The van der Waals surface area contributed by atoms with Crippen LogP contribution in [0.25, 0.3) is 0 Å². The maximum absolute atomic E-state index is 4.50. The fourth-order valence-electron chi connectivity index (χ4n) is 2.07. The van der Waals surface area contributed by atoms with Gasteiger partial charge in [0.15, 0.2) is 0 Å². The lowest BCUT2D eigenvalue weighted by Gasteiger charge is -2.31. The topological polar surface area (TPSA) is 16.1 Å². The first kappa shape index (κ1) is 10.6. The van der Waals surface area contributed by atoms with Gasteiger partial charge in [-0.15, -0.1) is 0 Å². The van der Waals surface area contributed by atoms with Crippen LogP contribution in [0, 0.1) is 5.92 Å². The van der Waals surface area contributed by atoms with Crippen molar-refractivity contribution in [3.8, 4) is 0 Å². The predicted octanol–water partition coefficient (Wildman–Crippen LogP) is 2.87. The van der Waals surface area contributed by atoms with Gasteiger partial charge in [0, 0.05) is 12.2 Å². The highest BCUT2D eigenvalue weighted by atomic mass is 15.2. The van der Waals surface area contributed by atoms with E-state index in [0.29, 0.717) is 12.1 Å². The standard InChI is InChI=1S/C13H20N2/c1-10(2)15(3)13(11-7-8-11)12-6-4-5-9-14-12/h4-6,9-11,13H,7-8H2,1-3H3. The zero-order chi connectivity index (χ0) is 10.8. The molecule has 1 fully saturated rings. The Kier molecular flexibility index (Phi) is 3.06. The van der Waals surface area contributed by atoms with E-state index in [1.165, 1.54) is 18.5 Å². The maximum Gasteiger partial charge on any atom is 0.0578 e. The molecule has 0 bridgehead atoms. The van der Waals surface area contributed by atoms with E-state index in [4.69, 9.17) is 0 Å². The van der Waals surface area contributed by atoms with Crippen molar-refractivity contribution >= 4 is 0 Å². The highest BCUT2D eigenvalue weighted by Gasteiger charge is 2.36. The van der Waals surface area contributed by atoms with Crippen LogP contribution in [0.3, 0.4) is 0 Å². The minimum absolute atomic E-state index is 0.520. The molecule has 2 heteroatoms. The fraction of sp³-hybridized carbons (Fsp3) is 0.615. The van der Waals surface area contributed by atoms with Crippen LogP contribution in [0.5, 0.6) is 0 Å². The van der Waals surface area contributed by atoms with Gasteiger partial charge in [-0.2, -0.15) is 0 Å². The van der Waals surface area contributed by atoms with Gasteiger partial charge in [-0.25, -0.2) is 0 Å². The summed E-state index contributed by atoms with van der Waals surface area (Å²) in [6.45, 7) is 4.50. The molecule has 1 aliphatic carbocycles. The normalized spacial score (nSPS) is 18.5. The maximum atomic E-state index is 4.50. The second kappa shape index (κ2) is 4.31. The third-order valence-electron chi connectivity index (χ3n) is 3.31. The molecule has 2 rings (SSSR count). The Balaban J connectivity index is 2.20. The van der Waals surface area contributed by atoms with Gasteiger partial charge in [-0.05, 0) is 51.8 Å². The zero-order valence-electron chi connectivity index (χ0n) is 9.85. The second-order valence-electron chi connectivity index (χ2n) is 4.80. The molecular formula is C13H20N2. The average molecular weight is 204 g/mol. The van der Waals surface area contributed by atoms with Crippen molar-refractivity contribution in [1.29, 1.82) is 0 Å². The lowest BCUT2D eigenvalue weighted by Crippen LogP contribution is -2.32. The van der Waals surface area contributed by atoms with Crippen LogP contribution in [0.4, 0.5) is 0 Å². The highest BCUT2D eigenvalue weighted by molar-refractivity contribution is 5.12. The van der Waals surface area contributed by atoms with Gasteiger partial charge in [-0.1, -0.05) is 6.07 Å². The fourth-order valence-corrected chi connectivity index (χ4v) is 2.07. The van der Waals surface area contributed by atoms with Gasteiger partial charge >= 0.3 is 0 Å². The average Bonchev–Trinajstić information content (AvgIpc) is 3.04. The number of rotatable bonds is 4. The molecule has 0 radical (unpaired) electrons. The molecule has 82 valence electrons. The summed E-state index contributed by atoms with van der Waals surface area (Å²) in [7, 11) is 2.21. The number of pyridine rings is 1. The molecule has 1 aromatic rings. The van der Waals surface area contributed by atoms with E-state index in [9.17, 15) is 0 Å². The minimum atomic E-state index is 0.520. The van der Waals surface area contributed by atoms with Gasteiger partial charge in [-0.3, -0.25) is 9.88 Å². The molecule has 0 amide bonds. The molecule has 1 unspecified atom stereocenters. The van der Waals surface area contributed by atoms with Gasteiger partial charge in [0.25, 0.3) is 0 Å². The van der Waals surface area contributed by atoms with Gasteiger partial charge in [0.2, 0.25) is 0 Å². The molecule has 0 spiro atoms. The van der Waals surface area contributed by atoms with Crippen LogP contribution in [-0.2, 0) is 0 Å². The summed E-state index contributed by atoms with van der Waals surface area (Å²) in [6.07, 6.45) is 4.62. The summed E-state index contributed by atoms with van der Waals surface area (Å²) in [5, 5.41) is 0. The summed E-state index contributed by atoms with van der Waals surface area (Å²) in [5.74, 6) is 0.826. The van der Waals surface area contributed by atoms with Gasteiger partial charge in [0.05, 0.1) is 11.7 Å². The SMILES string of the molecule is CC(C)N(C)C(c1ccccn1)C1CC1. The molecule has 2 nitrogen and oxygen atoms in total. The Hall–Kier alpha value is -0.890. The first-order valence-corrected chi connectivity index (χ1v) is 5.83. The molecule has 1 aromatic heterocycles. The van der Waals surface area contributed by atoms with E-state index in [1.54, 1.807) is 0 Å². The molecule has 1 saturated carbocycles. The van der Waals surface area contributed by atoms with Crippen molar-refractivity contribution in [1.82, 2.24) is 9.88 Å².